The van der Waals surface area contributed by atoms with Gasteiger partial charge < -0.3 is 18.9 Å². The molecule has 0 saturated carbocycles. The number of carbonyl (C=O) groups excluding carboxylic acids is 4. The number of fused-ring (bicyclic) bond motifs is 8. The molecule has 8 aromatic carbocycles. The van der Waals surface area contributed by atoms with Crippen LogP contribution >= 0.6 is 45.3 Å². The second-order valence-corrected chi connectivity index (χ2v) is 26.8. The van der Waals surface area contributed by atoms with E-state index in [0.29, 0.717) is 18.4 Å². The zero-order valence-corrected chi connectivity index (χ0v) is 51.6. The number of alkyl halides is 6. The molecule has 12 aromatic rings. The molecule has 0 spiro atoms. The van der Waals surface area contributed by atoms with Crippen LogP contribution in [0.4, 0.5) is 26.3 Å². The molecule has 0 aliphatic heterocycles. The molecule has 0 N–H and O–H groups in total. The summed E-state index contributed by atoms with van der Waals surface area (Å²) in [5, 5.41) is 9.71. The second kappa shape index (κ2) is 24.8. The highest BCUT2D eigenvalue weighted by atomic mass is 32.1. The van der Waals surface area contributed by atoms with Gasteiger partial charge in [0.05, 0.1) is 0 Å². The van der Waals surface area contributed by atoms with Crippen LogP contribution in [0.25, 0.3) is 104 Å². The van der Waals surface area contributed by atoms with Crippen LogP contribution in [-0.4, -0.2) is 36.2 Å². The maximum Gasteiger partial charge on any atom is 0.399 e. The first-order valence-corrected chi connectivity index (χ1v) is 32.7. The number of carbonyl (C=O) groups is 4. The smallest absolute Gasteiger partial charge is 0.399 e. The summed E-state index contributed by atoms with van der Waals surface area (Å²) >= 11 is 6.78. The van der Waals surface area contributed by atoms with Crippen LogP contribution in [0, 0.1) is 0 Å². The molecule has 18 heteroatoms. The van der Waals surface area contributed by atoms with Crippen LogP contribution in [0.15, 0.2) is 170 Å². The standard InChI is InChI=1S/C42H36F6O8S2.C30H18S2/c1-3-37(49)53-29-9-11-31(54-38(50)4-2)27-13-21(5-7-25(27)29)33-15-23-17-36-24(18-35(23)57-33)16-34(58-36)22-6-8-26-28(14-22)32(56-40(52)20-42(46,47)48)12-10-30(26)55-39(51)19-41(43,44)45;1-3-7-21-13-23(11-9-19(21)5-1)27-15-25-17-30-26(18-29(25)31-27)16-28(32-30)24-12-10-20-6-2-4-8-22(20)14-24/h5-8,13-18,29-32H,3-4,9-12,19-20H2,1-2H3;1-18H. The van der Waals surface area contributed by atoms with Crippen LogP contribution in [0.1, 0.15) is 112 Å². The Kier molecular flexibility index (Phi) is 16.6. The van der Waals surface area contributed by atoms with Crippen LogP contribution in [0.2, 0.25) is 0 Å². The minimum absolute atomic E-state index is 0.0607. The quantitative estimate of drug-likeness (QED) is 0.0677. The molecule has 2 aliphatic carbocycles. The van der Waals surface area contributed by atoms with E-state index in [1.807, 2.05) is 59.1 Å². The van der Waals surface area contributed by atoms with E-state index >= 15 is 0 Å². The number of halogens is 6. The summed E-state index contributed by atoms with van der Waals surface area (Å²) in [7, 11) is 0. The van der Waals surface area contributed by atoms with Crippen molar-refractivity contribution in [2.24, 2.45) is 0 Å². The average molecular weight is 1290 g/mol. The Balaban J connectivity index is 0.000000193. The fourth-order valence-electron chi connectivity index (χ4n) is 11.9. The lowest BCUT2D eigenvalue weighted by Gasteiger charge is -2.31. The lowest BCUT2D eigenvalue weighted by molar-refractivity contribution is -0.181. The molecule has 14 rings (SSSR count). The van der Waals surface area contributed by atoms with Crippen molar-refractivity contribution in [3.05, 3.63) is 192 Å². The summed E-state index contributed by atoms with van der Waals surface area (Å²) in [6.07, 6.45) is -15.0. The van der Waals surface area contributed by atoms with Gasteiger partial charge in [0.15, 0.2) is 0 Å². The number of esters is 4. The molecule has 4 heterocycles. The lowest BCUT2D eigenvalue weighted by atomic mass is 9.85. The Morgan fingerprint density at radius 3 is 0.956 bits per heavy atom. The van der Waals surface area contributed by atoms with Crippen molar-refractivity contribution >= 4 is 131 Å². The van der Waals surface area contributed by atoms with Crippen molar-refractivity contribution in [1.82, 2.24) is 0 Å². The van der Waals surface area contributed by atoms with Crippen LogP contribution in [0.5, 0.6) is 0 Å². The highest BCUT2D eigenvalue weighted by Crippen LogP contribution is 2.48. The van der Waals surface area contributed by atoms with E-state index in [1.54, 1.807) is 37.3 Å². The highest BCUT2D eigenvalue weighted by Gasteiger charge is 2.39. The fraction of sp³-hybridized carbons (Fsp3) is 0.222. The molecule has 4 aromatic heterocycles. The van der Waals surface area contributed by atoms with Gasteiger partial charge in [0, 0.05) is 51.1 Å². The minimum Gasteiger partial charge on any atom is -0.457 e. The first-order chi connectivity index (χ1) is 43.3. The molecule has 0 saturated heterocycles. The monoisotopic (exact) mass is 1290 g/mol. The van der Waals surface area contributed by atoms with E-state index < -0.39 is 61.5 Å². The van der Waals surface area contributed by atoms with Gasteiger partial charge in [-0.25, -0.2) is 0 Å². The molecule has 0 fully saturated rings. The molecule has 456 valence electrons. The molecule has 8 nitrogen and oxygen atoms in total. The maximum atomic E-state index is 13.0. The van der Waals surface area contributed by atoms with E-state index in [9.17, 15) is 45.5 Å². The van der Waals surface area contributed by atoms with Crippen molar-refractivity contribution in [3.8, 4) is 41.8 Å². The van der Waals surface area contributed by atoms with Gasteiger partial charge in [-0.05, 0) is 186 Å². The molecule has 0 amide bonds. The molecule has 4 unspecified atom stereocenters. The van der Waals surface area contributed by atoms with Gasteiger partial charge in [-0.15, -0.1) is 45.3 Å². The summed E-state index contributed by atoms with van der Waals surface area (Å²) in [6.45, 7) is 3.47. The number of rotatable bonds is 12. The molecule has 4 atom stereocenters. The van der Waals surface area contributed by atoms with E-state index in [0.717, 1.165) is 46.6 Å². The predicted molar refractivity (Wildman–Crippen MR) is 347 cm³/mol. The van der Waals surface area contributed by atoms with E-state index in [1.165, 1.54) is 80.0 Å². The van der Waals surface area contributed by atoms with Gasteiger partial charge in [-0.3, -0.25) is 19.2 Å². The zero-order chi connectivity index (χ0) is 62.6. The fourth-order valence-corrected chi connectivity index (χ4v) is 16.3. The van der Waals surface area contributed by atoms with Gasteiger partial charge in [-0.1, -0.05) is 111 Å². The van der Waals surface area contributed by atoms with Crippen LogP contribution < -0.4 is 0 Å². The van der Waals surface area contributed by atoms with Crippen molar-refractivity contribution in [1.29, 1.82) is 0 Å². The normalized spacial score (nSPS) is 16.6. The van der Waals surface area contributed by atoms with Crippen LogP contribution in [-0.2, 0) is 38.1 Å². The maximum absolute atomic E-state index is 13.0. The third kappa shape index (κ3) is 13.1. The molecular formula is C72H54F6O8S4. The topological polar surface area (TPSA) is 105 Å². The van der Waals surface area contributed by atoms with Crippen molar-refractivity contribution < 1.29 is 64.5 Å². The predicted octanol–water partition coefficient (Wildman–Crippen LogP) is 21.9. The summed E-state index contributed by atoms with van der Waals surface area (Å²) in [6, 6.07) is 58.9. The third-order valence-corrected chi connectivity index (χ3v) is 20.8. The second-order valence-electron chi connectivity index (χ2n) is 22.5. The first-order valence-electron chi connectivity index (χ1n) is 29.4. The Bertz CT molecular complexity index is 4550. The lowest BCUT2D eigenvalue weighted by Crippen LogP contribution is -2.26. The molecule has 0 radical (unpaired) electrons. The Morgan fingerprint density at radius 1 is 0.344 bits per heavy atom. The number of ether oxygens (including phenoxy) is 4. The molecule has 90 heavy (non-hydrogen) atoms. The van der Waals surface area contributed by atoms with Crippen molar-refractivity contribution in [2.45, 2.75) is 102 Å². The molecular weight excluding hydrogens is 1240 g/mol. The molecule has 2 aliphatic rings. The summed E-state index contributed by atoms with van der Waals surface area (Å²) in [5.41, 5.74) is 6.24. The zero-order valence-electron chi connectivity index (χ0n) is 48.3. The van der Waals surface area contributed by atoms with Gasteiger partial charge in [0.1, 0.15) is 37.3 Å². The third-order valence-electron chi connectivity index (χ3n) is 16.3. The Labute approximate surface area is 528 Å². The van der Waals surface area contributed by atoms with Crippen molar-refractivity contribution in [2.75, 3.05) is 0 Å². The van der Waals surface area contributed by atoms with Crippen molar-refractivity contribution in [3.63, 3.8) is 0 Å². The minimum atomic E-state index is -4.80. The van der Waals surface area contributed by atoms with E-state index in [4.69, 9.17) is 18.9 Å². The Hall–Kier alpha value is -8.42. The number of benzene rings is 8. The number of thiophene rings is 4. The first kappa shape index (κ1) is 60.5. The largest absolute Gasteiger partial charge is 0.457 e. The highest BCUT2D eigenvalue weighted by molar-refractivity contribution is 7.24. The van der Waals surface area contributed by atoms with Gasteiger partial charge in [0.2, 0.25) is 0 Å². The number of hydrogen-bond donors (Lipinski definition) is 0. The van der Waals surface area contributed by atoms with E-state index in [-0.39, 0.29) is 48.7 Å². The SMILES string of the molecule is CCC(=O)OC1CCC(OC(=O)CC)c2cc(-c3cc4cc5sc(-c6ccc7c(c6)C(OC(=O)CC(F)(F)F)CCC7OC(=O)CC(F)(F)F)cc5cc4s3)ccc21.c1ccc2cc(-c3cc4cc5sc(-c6ccc7ccccc7c6)cc5cc4s3)ccc2c1. The average Bonchev–Trinajstić information content (AvgIpc) is 1.66. The Morgan fingerprint density at radius 2 is 0.633 bits per heavy atom. The van der Waals surface area contributed by atoms with E-state index in [2.05, 4.69) is 115 Å². The molecule has 0 bridgehead atoms. The summed E-state index contributed by atoms with van der Waals surface area (Å²) < 4.78 is 104. The number of hydrogen-bond acceptors (Lipinski definition) is 12. The summed E-state index contributed by atoms with van der Waals surface area (Å²) in [4.78, 5) is 53.2. The van der Waals surface area contributed by atoms with Gasteiger partial charge in [0.25, 0.3) is 0 Å². The van der Waals surface area contributed by atoms with Crippen LogP contribution in [0.3, 0.4) is 0 Å². The van der Waals surface area contributed by atoms with Gasteiger partial charge in [-0.2, -0.15) is 26.3 Å². The van der Waals surface area contributed by atoms with Gasteiger partial charge >= 0.3 is 36.2 Å². The summed E-state index contributed by atoms with van der Waals surface area (Å²) in [5.74, 6) is -3.62.